The zero-order valence-corrected chi connectivity index (χ0v) is 8.79. The summed E-state index contributed by atoms with van der Waals surface area (Å²) in [5.41, 5.74) is 5.64. The van der Waals surface area contributed by atoms with Crippen LogP contribution in [-0.4, -0.2) is 22.0 Å². The van der Waals surface area contributed by atoms with Gasteiger partial charge < -0.3 is 15.9 Å². The third kappa shape index (κ3) is 5.24. The maximum atomic E-state index is 9.38. The van der Waals surface area contributed by atoms with E-state index >= 15 is 0 Å². The Morgan fingerprint density at radius 2 is 1.77 bits per heavy atom. The maximum Gasteiger partial charge on any atom is 0.177 e. The number of hydrogen-bond acceptors (Lipinski definition) is 3. The minimum Gasteiger partial charge on any atom is -0.364 e. The first-order valence-corrected chi connectivity index (χ1v) is 5.25. The van der Waals surface area contributed by atoms with E-state index in [0.717, 1.165) is 12.8 Å². The standard InChI is InChI=1S/C10H23NO2/c1-3-5-6-7-8-9(11)10(12,13)4-2/h9,12-13H,3-8,11H2,1-2H3. The molecule has 0 aliphatic heterocycles. The van der Waals surface area contributed by atoms with Crippen LogP contribution < -0.4 is 5.73 Å². The third-order valence-electron chi connectivity index (χ3n) is 2.48. The normalized spacial score (nSPS) is 14.5. The number of hydrogen-bond donors (Lipinski definition) is 3. The Bertz CT molecular complexity index is 126. The van der Waals surface area contributed by atoms with Crippen LogP contribution in [0.5, 0.6) is 0 Å². The molecule has 0 rings (SSSR count). The Morgan fingerprint density at radius 1 is 1.15 bits per heavy atom. The Balaban J connectivity index is 3.55. The van der Waals surface area contributed by atoms with Crippen LogP contribution >= 0.6 is 0 Å². The molecule has 0 aromatic carbocycles. The molecule has 0 aliphatic carbocycles. The first kappa shape index (κ1) is 12.9. The van der Waals surface area contributed by atoms with Gasteiger partial charge in [-0.1, -0.05) is 39.5 Å². The van der Waals surface area contributed by atoms with Crippen LogP contribution in [0.2, 0.25) is 0 Å². The van der Waals surface area contributed by atoms with Crippen molar-refractivity contribution >= 4 is 0 Å². The smallest absolute Gasteiger partial charge is 0.177 e. The van der Waals surface area contributed by atoms with Gasteiger partial charge >= 0.3 is 0 Å². The number of aliphatic hydroxyl groups is 2. The molecule has 0 spiro atoms. The fourth-order valence-electron chi connectivity index (χ4n) is 1.28. The van der Waals surface area contributed by atoms with Gasteiger partial charge in [-0.15, -0.1) is 0 Å². The molecular weight excluding hydrogens is 166 g/mol. The predicted molar refractivity (Wildman–Crippen MR) is 54.2 cm³/mol. The van der Waals surface area contributed by atoms with Crippen LogP contribution in [0, 0.1) is 0 Å². The molecule has 0 aromatic rings. The highest BCUT2D eigenvalue weighted by Crippen LogP contribution is 2.15. The van der Waals surface area contributed by atoms with E-state index in [1.807, 2.05) is 0 Å². The summed E-state index contributed by atoms with van der Waals surface area (Å²) in [7, 11) is 0. The lowest BCUT2D eigenvalue weighted by Gasteiger charge is -2.27. The summed E-state index contributed by atoms with van der Waals surface area (Å²) in [6, 6.07) is -0.505. The van der Waals surface area contributed by atoms with E-state index in [1.165, 1.54) is 12.8 Å². The summed E-state index contributed by atoms with van der Waals surface area (Å²) in [6.45, 7) is 3.88. The molecule has 0 aromatic heterocycles. The second kappa shape index (κ2) is 6.35. The van der Waals surface area contributed by atoms with Crippen molar-refractivity contribution < 1.29 is 10.2 Å². The van der Waals surface area contributed by atoms with Crippen LogP contribution in [-0.2, 0) is 0 Å². The molecule has 0 aliphatic rings. The third-order valence-corrected chi connectivity index (χ3v) is 2.48. The lowest BCUT2D eigenvalue weighted by Crippen LogP contribution is -2.47. The molecule has 0 bridgehead atoms. The first-order chi connectivity index (χ1) is 6.04. The highest BCUT2D eigenvalue weighted by atomic mass is 16.5. The van der Waals surface area contributed by atoms with E-state index in [1.54, 1.807) is 6.92 Å². The van der Waals surface area contributed by atoms with Gasteiger partial charge in [-0.3, -0.25) is 0 Å². The van der Waals surface area contributed by atoms with E-state index in [2.05, 4.69) is 6.92 Å². The summed E-state index contributed by atoms with van der Waals surface area (Å²) in [5.74, 6) is -1.67. The van der Waals surface area contributed by atoms with Gasteiger partial charge in [-0.05, 0) is 12.8 Å². The van der Waals surface area contributed by atoms with E-state index in [-0.39, 0.29) is 0 Å². The van der Waals surface area contributed by atoms with E-state index < -0.39 is 11.8 Å². The Labute approximate surface area is 81.0 Å². The topological polar surface area (TPSA) is 66.5 Å². The molecule has 0 heterocycles. The zero-order chi connectivity index (χ0) is 10.3. The molecule has 3 heteroatoms. The molecule has 1 atom stereocenters. The van der Waals surface area contributed by atoms with Gasteiger partial charge in [-0.25, -0.2) is 0 Å². The molecule has 13 heavy (non-hydrogen) atoms. The van der Waals surface area contributed by atoms with Gasteiger partial charge in [0.05, 0.1) is 6.04 Å². The van der Waals surface area contributed by atoms with Gasteiger partial charge in [0.2, 0.25) is 0 Å². The van der Waals surface area contributed by atoms with Crippen molar-refractivity contribution in [2.75, 3.05) is 0 Å². The van der Waals surface area contributed by atoms with Gasteiger partial charge in [-0.2, -0.15) is 0 Å². The first-order valence-electron chi connectivity index (χ1n) is 5.25. The highest BCUT2D eigenvalue weighted by molar-refractivity contribution is 4.77. The molecule has 0 radical (unpaired) electrons. The van der Waals surface area contributed by atoms with Crippen LogP contribution in [0.1, 0.15) is 52.4 Å². The lowest BCUT2D eigenvalue weighted by molar-refractivity contribution is -0.179. The van der Waals surface area contributed by atoms with Gasteiger partial charge in [0, 0.05) is 0 Å². The minimum atomic E-state index is -1.67. The lowest BCUT2D eigenvalue weighted by atomic mass is 9.99. The van der Waals surface area contributed by atoms with E-state index in [4.69, 9.17) is 5.73 Å². The summed E-state index contributed by atoms with van der Waals surface area (Å²) >= 11 is 0. The molecular formula is C10H23NO2. The Morgan fingerprint density at radius 3 is 2.23 bits per heavy atom. The zero-order valence-electron chi connectivity index (χ0n) is 8.79. The fraction of sp³-hybridized carbons (Fsp3) is 1.00. The van der Waals surface area contributed by atoms with Crippen molar-refractivity contribution in [1.29, 1.82) is 0 Å². The fourth-order valence-corrected chi connectivity index (χ4v) is 1.28. The van der Waals surface area contributed by atoms with Gasteiger partial charge in [0.1, 0.15) is 0 Å². The predicted octanol–water partition coefficient (Wildman–Crippen LogP) is 1.37. The molecule has 1 unspecified atom stereocenters. The minimum absolute atomic E-state index is 0.294. The Hall–Kier alpha value is -0.120. The number of unbranched alkanes of at least 4 members (excludes halogenated alkanes) is 3. The average molecular weight is 189 g/mol. The summed E-state index contributed by atoms with van der Waals surface area (Å²) < 4.78 is 0. The SMILES string of the molecule is CCCCCCC(N)C(O)(O)CC. The van der Waals surface area contributed by atoms with Gasteiger partial charge in [0.25, 0.3) is 0 Å². The maximum absolute atomic E-state index is 9.38. The van der Waals surface area contributed by atoms with Crippen molar-refractivity contribution in [1.82, 2.24) is 0 Å². The number of rotatable bonds is 7. The van der Waals surface area contributed by atoms with E-state index in [0.29, 0.717) is 12.8 Å². The van der Waals surface area contributed by atoms with Crippen LogP contribution in [0.3, 0.4) is 0 Å². The van der Waals surface area contributed by atoms with E-state index in [9.17, 15) is 10.2 Å². The van der Waals surface area contributed by atoms with Crippen molar-refractivity contribution in [3.63, 3.8) is 0 Å². The summed E-state index contributed by atoms with van der Waals surface area (Å²) in [4.78, 5) is 0. The van der Waals surface area contributed by atoms with Crippen molar-refractivity contribution in [2.24, 2.45) is 5.73 Å². The molecule has 0 saturated heterocycles. The summed E-state index contributed by atoms with van der Waals surface area (Å²) in [6.07, 6.45) is 5.49. The highest BCUT2D eigenvalue weighted by Gasteiger charge is 2.28. The van der Waals surface area contributed by atoms with Crippen molar-refractivity contribution in [2.45, 2.75) is 64.2 Å². The van der Waals surface area contributed by atoms with Crippen molar-refractivity contribution in [3.8, 4) is 0 Å². The largest absolute Gasteiger partial charge is 0.364 e. The summed E-state index contributed by atoms with van der Waals surface area (Å²) in [5, 5.41) is 18.8. The van der Waals surface area contributed by atoms with Crippen LogP contribution in [0.25, 0.3) is 0 Å². The molecule has 4 N–H and O–H groups in total. The molecule has 0 amide bonds. The van der Waals surface area contributed by atoms with Crippen LogP contribution in [0.4, 0.5) is 0 Å². The second-order valence-corrected chi connectivity index (χ2v) is 3.69. The average Bonchev–Trinajstić information content (AvgIpc) is 2.12. The number of nitrogens with two attached hydrogens (primary N) is 1. The molecule has 3 nitrogen and oxygen atoms in total. The monoisotopic (exact) mass is 189 g/mol. The van der Waals surface area contributed by atoms with Crippen molar-refractivity contribution in [3.05, 3.63) is 0 Å². The second-order valence-electron chi connectivity index (χ2n) is 3.69. The molecule has 80 valence electrons. The quantitative estimate of drug-likeness (QED) is 0.418. The molecule has 0 saturated carbocycles. The molecule has 0 fully saturated rings. The van der Waals surface area contributed by atoms with Gasteiger partial charge in [0.15, 0.2) is 5.79 Å². The Kier molecular flexibility index (Phi) is 6.29. The van der Waals surface area contributed by atoms with Crippen LogP contribution in [0.15, 0.2) is 0 Å².